The largest absolute Gasteiger partial charge is 0.486 e. The molecule has 0 saturated carbocycles. The van der Waals surface area contributed by atoms with Crippen LogP contribution in [0.5, 0.6) is 11.5 Å². The van der Waals surface area contributed by atoms with Gasteiger partial charge in [-0.25, -0.2) is 0 Å². The zero-order chi connectivity index (χ0) is 14.0. The van der Waals surface area contributed by atoms with Crippen LogP contribution in [-0.4, -0.2) is 32.8 Å². The second-order valence-electron chi connectivity index (χ2n) is 5.55. The van der Waals surface area contributed by atoms with Crippen molar-refractivity contribution in [1.82, 2.24) is 10.6 Å². The third kappa shape index (κ3) is 2.69. The van der Waals surface area contributed by atoms with Crippen molar-refractivity contribution in [2.75, 3.05) is 27.3 Å². The minimum absolute atomic E-state index is 0.0523. The molecule has 4 nitrogen and oxygen atoms in total. The van der Waals surface area contributed by atoms with E-state index in [0.717, 1.165) is 11.5 Å². The van der Waals surface area contributed by atoms with Gasteiger partial charge >= 0.3 is 0 Å². The Morgan fingerprint density at radius 1 is 1.11 bits per heavy atom. The van der Waals surface area contributed by atoms with Crippen LogP contribution >= 0.6 is 0 Å². The highest BCUT2D eigenvalue weighted by Gasteiger charge is 2.30. The molecule has 0 aliphatic carbocycles. The lowest BCUT2D eigenvalue weighted by atomic mass is 9.86. The van der Waals surface area contributed by atoms with E-state index in [2.05, 4.69) is 43.5 Å². The Kier molecular flexibility index (Phi) is 4.02. The normalized spacial score (nSPS) is 16.3. The topological polar surface area (TPSA) is 42.5 Å². The van der Waals surface area contributed by atoms with Crippen LogP contribution in [0.25, 0.3) is 0 Å². The summed E-state index contributed by atoms with van der Waals surface area (Å²) in [7, 11) is 3.97. The van der Waals surface area contributed by atoms with Gasteiger partial charge in [0, 0.05) is 5.54 Å². The SMILES string of the molecule is CNC(c1cc2c(cc1C)OCCO2)C(C)(C)NC. The molecule has 0 saturated heterocycles. The van der Waals surface area contributed by atoms with E-state index in [-0.39, 0.29) is 11.6 Å². The van der Waals surface area contributed by atoms with Crippen molar-refractivity contribution in [3.8, 4) is 11.5 Å². The van der Waals surface area contributed by atoms with Gasteiger partial charge in [0.2, 0.25) is 0 Å². The molecule has 1 heterocycles. The molecule has 2 N–H and O–H groups in total. The van der Waals surface area contributed by atoms with Gasteiger partial charge in [-0.3, -0.25) is 0 Å². The van der Waals surface area contributed by atoms with Gasteiger partial charge in [-0.05, 0) is 58.1 Å². The van der Waals surface area contributed by atoms with Crippen LogP contribution in [0, 0.1) is 6.92 Å². The Bertz CT molecular complexity index is 458. The summed E-state index contributed by atoms with van der Waals surface area (Å²) in [5, 5.41) is 6.76. The Balaban J connectivity index is 2.43. The summed E-state index contributed by atoms with van der Waals surface area (Å²) in [6.45, 7) is 7.73. The first-order valence-corrected chi connectivity index (χ1v) is 6.76. The molecule has 19 heavy (non-hydrogen) atoms. The molecule has 1 atom stereocenters. The minimum atomic E-state index is -0.0523. The second kappa shape index (κ2) is 5.39. The lowest BCUT2D eigenvalue weighted by Gasteiger charge is -2.36. The molecule has 0 bridgehead atoms. The number of likely N-dealkylation sites (N-methyl/N-ethyl adjacent to an activating group) is 2. The second-order valence-corrected chi connectivity index (χ2v) is 5.55. The van der Waals surface area contributed by atoms with E-state index in [1.807, 2.05) is 14.1 Å². The van der Waals surface area contributed by atoms with Gasteiger partial charge in [0.05, 0.1) is 6.04 Å². The number of fused-ring (bicyclic) bond motifs is 1. The quantitative estimate of drug-likeness (QED) is 0.873. The van der Waals surface area contributed by atoms with Crippen molar-refractivity contribution in [1.29, 1.82) is 0 Å². The molecule has 1 unspecified atom stereocenters. The molecule has 4 heteroatoms. The van der Waals surface area contributed by atoms with Crippen LogP contribution in [0.2, 0.25) is 0 Å². The first kappa shape index (κ1) is 14.2. The van der Waals surface area contributed by atoms with E-state index in [1.54, 1.807) is 0 Å². The highest BCUT2D eigenvalue weighted by Crippen LogP contribution is 2.37. The smallest absolute Gasteiger partial charge is 0.161 e. The monoisotopic (exact) mass is 264 g/mol. The van der Waals surface area contributed by atoms with E-state index in [0.29, 0.717) is 13.2 Å². The lowest BCUT2D eigenvalue weighted by molar-refractivity contribution is 0.170. The molecule has 0 spiro atoms. The Hall–Kier alpha value is -1.26. The van der Waals surface area contributed by atoms with Gasteiger partial charge in [0.1, 0.15) is 13.2 Å². The number of aryl methyl sites for hydroxylation is 1. The third-order valence-electron chi connectivity index (χ3n) is 3.90. The number of benzene rings is 1. The Morgan fingerprint density at radius 3 is 2.21 bits per heavy atom. The fourth-order valence-electron chi connectivity index (χ4n) is 2.57. The average molecular weight is 264 g/mol. The van der Waals surface area contributed by atoms with Gasteiger partial charge in [0.25, 0.3) is 0 Å². The highest BCUT2D eigenvalue weighted by molar-refractivity contribution is 5.49. The Morgan fingerprint density at radius 2 is 1.68 bits per heavy atom. The molecular formula is C15H24N2O2. The number of rotatable bonds is 4. The molecule has 1 aliphatic rings. The number of hydrogen-bond donors (Lipinski definition) is 2. The van der Waals surface area contributed by atoms with Crippen molar-refractivity contribution in [2.24, 2.45) is 0 Å². The predicted octanol–water partition coefficient (Wildman–Crippen LogP) is 2.02. The molecule has 0 amide bonds. The Labute approximate surface area is 115 Å². The maximum Gasteiger partial charge on any atom is 0.161 e. The van der Waals surface area contributed by atoms with E-state index < -0.39 is 0 Å². The van der Waals surface area contributed by atoms with E-state index >= 15 is 0 Å². The molecular weight excluding hydrogens is 240 g/mol. The van der Waals surface area contributed by atoms with Crippen LogP contribution in [0.4, 0.5) is 0 Å². The first-order chi connectivity index (χ1) is 8.99. The maximum atomic E-state index is 5.69. The van der Waals surface area contributed by atoms with E-state index in [1.165, 1.54) is 11.1 Å². The molecule has 1 aromatic rings. The van der Waals surface area contributed by atoms with Crippen molar-refractivity contribution < 1.29 is 9.47 Å². The summed E-state index contributed by atoms with van der Waals surface area (Å²) in [6.07, 6.45) is 0. The zero-order valence-corrected chi connectivity index (χ0v) is 12.5. The van der Waals surface area contributed by atoms with Crippen molar-refractivity contribution in [2.45, 2.75) is 32.4 Å². The van der Waals surface area contributed by atoms with Crippen LogP contribution in [-0.2, 0) is 0 Å². The molecule has 0 radical (unpaired) electrons. The summed E-state index contributed by atoms with van der Waals surface area (Å²) in [4.78, 5) is 0. The van der Waals surface area contributed by atoms with Crippen LogP contribution < -0.4 is 20.1 Å². The number of hydrogen-bond acceptors (Lipinski definition) is 4. The summed E-state index contributed by atoms with van der Waals surface area (Å²) >= 11 is 0. The molecule has 0 aromatic heterocycles. The predicted molar refractivity (Wildman–Crippen MR) is 77.1 cm³/mol. The highest BCUT2D eigenvalue weighted by atomic mass is 16.6. The van der Waals surface area contributed by atoms with Gasteiger partial charge < -0.3 is 20.1 Å². The molecule has 1 aliphatic heterocycles. The van der Waals surface area contributed by atoms with Gasteiger partial charge in [0.15, 0.2) is 11.5 Å². The number of nitrogens with one attached hydrogen (secondary N) is 2. The van der Waals surface area contributed by atoms with Gasteiger partial charge in [-0.1, -0.05) is 0 Å². The molecule has 1 aromatic carbocycles. The standard InChI is InChI=1S/C15H24N2O2/c1-10-8-12-13(19-7-6-18-12)9-11(10)14(16-4)15(2,3)17-5/h8-9,14,16-17H,6-7H2,1-5H3. The maximum absolute atomic E-state index is 5.69. The lowest BCUT2D eigenvalue weighted by Crippen LogP contribution is -2.47. The molecule has 0 fully saturated rings. The summed E-state index contributed by atoms with van der Waals surface area (Å²) in [5.41, 5.74) is 2.40. The molecule has 2 rings (SSSR count). The van der Waals surface area contributed by atoms with Crippen molar-refractivity contribution in [3.05, 3.63) is 23.3 Å². The summed E-state index contributed by atoms with van der Waals surface area (Å²) in [5.74, 6) is 1.70. The van der Waals surface area contributed by atoms with Crippen molar-refractivity contribution >= 4 is 0 Å². The molecule has 106 valence electrons. The van der Waals surface area contributed by atoms with E-state index in [4.69, 9.17) is 9.47 Å². The van der Waals surface area contributed by atoms with Gasteiger partial charge in [-0.15, -0.1) is 0 Å². The fraction of sp³-hybridized carbons (Fsp3) is 0.600. The fourth-order valence-corrected chi connectivity index (χ4v) is 2.57. The third-order valence-corrected chi connectivity index (χ3v) is 3.90. The number of ether oxygens (including phenoxy) is 2. The average Bonchev–Trinajstić information content (AvgIpc) is 2.40. The summed E-state index contributed by atoms with van der Waals surface area (Å²) < 4.78 is 11.3. The van der Waals surface area contributed by atoms with Crippen molar-refractivity contribution in [3.63, 3.8) is 0 Å². The van der Waals surface area contributed by atoms with E-state index in [9.17, 15) is 0 Å². The summed E-state index contributed by atoms with van der Waals surface area (Å²) in [6, 6.07) is 4.37. The minimum Gasteiger partial charge on any atom is -0.486 e. The van der Waals surface area contributed by atoms with Crippen LogP contribution in [0.1, 0.15) is 31.0 Å². The zero-order valence-electron chi connectivity index (χ0n) is 12.5. The van der Waals surface area contributed by atoms with Crippen LogP contribution in [0.15, 0.2) is 12.1 Å². The first-order valence-electron chi connectivity index (χ1n) is 6.76. The van der Waals surface area contributed by atoms with Crippen LogP contribution in [0.3, 0.4) is 0 Å². The van der Waals surface area contributed by atoms with Gasteiger partial charge in [-0.2, -0.15) is 0 Å².